The summed E-state index contributed by atoms with van der Waals surface area (Å²) in [6.07, 6.45) is 10.8. The first kappa shape index (κ1) is 47.0. The molecular formula is C6H22N9NdO16+3. The van der Waals surface area contributed by atoms with E-state index in [4.69, 9.17) is 77.2 Å². The molecule has 26 heteroatoms. The Hall–Kier alpha value is -2.99. The van der Waals surface area contributed by atoms with Gasteiger partial charge in [-0.15, -0.1) is 10.8 Å². The van der Waals surface area contributed by atoms with Crippen LogP contribution in [0.2, 0.25) is 0 Å². The van der Waals surface area contributed by atoms with Crippen LogP contribution in [0.25, 0.3) is 0 Å². The molecule has 0 bridgehead atoms. The van der Waals surface area contributed by atoms with Crippen molar-refractivity contribution in [1.29, 1.82) is 0 Å². The number of aromatic amines is 4. The number of H-pyrrole nitrogens is 4. The molecule has 0 aliphatic rings. The van der Waals surface area contributed by atoms with Crippen LogP contribution in [-0.4, -0.2) is 93.6 Å². The third-order valence-electron chi connectivity index (χ3n) is 0.885. The van der Waals surface area contributed by atoms with Gasteiger partial charge >= 0.3 is 15.3 Å². The van der Waals surface area contributed by atoms with E-state index in [9.17, 15) is 0 Å². The van der Waals surface area contributed by atoms with Gasteiger partial charge in [-0.05, 0) is 0 Å². The molecule has 0 aliphatic heterocycles. The van der Waals surface area contributed by atoms with E-state index in [1.807, 2.05) is 24.8 Å². The summed E-state index contributed by atoms with van der Waals surface area (Å²) in [5.74, 6) is 0. The molecule has 0 saturated heterocycles. The molecule has 16 N–H and O–H groups in total. The monoisotopic (exact) mass is 618 g/mol. The smallest absolute Gasteiger partial charge is 0.472 e. The van der Waals surface area contributed by atoms with Gasteiger partial charge in [0.15, 0.2) is 0 Å². The van der Waals surface area contributed by atoms with E-state index in [1.165, 1.54) is 0 Å². The number of hydrogen-bond donors (Lipinski definition) is 12. The average Bonchev–Trinajstić information content (AvgIpc) is 3.24. The summed E-state index contributed by atoms with van der Waals surface area (Å²) in [5, 5.41) is 79.6. The van der Waals surface area contributed by atoms with Gasteiger partial charge in [0.1, 0.15) is 39.5 Å². The van der Waals surface area contributed by atoms with Gasteiger partial charge in [-0.2, -0.15) is 0 Å². The van der Waals surface area contributed by atoms with Crippen LogP contribution in [0.4, 0.5) is 0 Å². The molecule has 2 rings (SSSR count). The average molecular weight is 621 g/mol. The van der Waals surface area contributed by atoms with E-state index in [0.717, 1.165) is 0 Å². The van der Waals surface area contributed by atoms with Gasteiger partial charge in [0.05, 0.1) is 0 Å². The van der Waals surface area contributed by atoms with Crippen molar-refractivity contribution in [3.63, 3.8) is 0 Å². The van der Waals surface area contributed by atoms with Gasteiger partial charge in [0, 0.05) is 40.8 Å². The van der Waals surface area contributed by atoms with Crippen LogP contribution in [0.15, 0.2) is 37.4 Å². The van der Waals surface area contributed by atoms with Gasteiger partial charge in [0.25, 0.3) is 0 Å². The molecule has 0 aromatic carbocycles. The van der Waals surface area contributed by atoms with Crippen LogP contribution in [0.1, 0.15) is 0 Å². The standard InChI is InChI=1S/2C3H4N2.5H2NO3.Nd.H2O/c2*1-2-5-3-4-1;5*2-1(3)4;;/h2*1-3H,(H,4,5);3*(H2,2,3,4);2*2-3H;;1H2/q;;3*+1;2*-1;;/p+2. The fourth-order valence-corrected chi connectivity index (χ4v) is 0.481. The summed E-state index contributed by atoms with van der Waals surface area (Å²) in [4.78, 5) is 36.6. The van der Waals surface area contributed by atoms with Crippen molar-refractivity contribution < 1.29 is 124 Å². The summed E-state index contributed by atoms with van der Waals surface area (Å²) < 4.78 is 0. The van der Waals surface area contributed by atoms with Crippen LogP contribution in [-0.2, 0) is 0 Å². The summed E-state index contributed by atoms with van der Waals surface area (Å²) >= 11 is 0. The second-order valence-electron chi connectivity index (χ2n) is 2.89. The molecule has 0 atom stereocenters. The van der Waals surface area contributed by atoms with Crippen LogP contribution in [0.3, 0.4) is 0 Å². The van der Waals surface area contributed by atoms with E-state index in [2.05, 4.69) is 19.9 Å². The molecule has 0 amide bonds. The number of rotatable bonds is 0. The molecule has 188 valence electrons. The topological polar surface area (TPSA) is 407 Å². The fourth-order valence-electron chi connectivity index (χ4n) is 0.481. The van der Waals surface area contributed by atoms with E-state index >= 15 is 0 Å². The SMILES string of the molecule is O.O=[N+](O)O.O=[N+](O)O.O=[N+](O)O.[Nd].[O-]N(O)O.[O-]N(O)O.c1c[nH+]c[nH]1.c1c[nH+]c[nH]1. The normalized spacial score (nSPS) is 7.00. The largest absolute Gasteiger partial charge is 0.738 e. The fraction of sp³-hybridized carbons (Fsp3) is 0. The summed E-state index contributed by atoms with van der Waals surface area (Å²) in [5.41, 5.74) is 0. The zero-order valence-electron chi connectivity index (χ0n) is 15.2. The Balaban J connectivity index is -0.0000000453. The van der Waals surface area contributed by atoms with Crippen molar-refractivity contribution in [2.24, 2.45) is 0 Å². The number of nitrogens with zero attached hydrogens (tertiary/aromatic N) is 5. The van der Waals surface area contributed by atoms with Gasteiger partial charge < -0.3 is 36.7 Å². The minimum Gasteiger partial charge on any atom is -0.738 e. The molecule has 2 aromatic rings. The van der Waals surface area contributed by atoms with Crippen molar-refractivity contribution in [2.45, 2.75) is 0 Å². The molecule has 0 fully saturated rings. The number of hydrogen-bond acceptors (Lipinski definition) is 11. The van der Waals surface area contributed by atoms with E-state index in [0.29, 0.717) is 0 Å². The maximum atomic E-state index is 8.47. The van der Waals surface area contributed by atoms with E-state index in [1.54, 1.807) is 12.7 Å². The molecule has 0 spiro atoms. The zero-order valence-corrected chi connectivity index (χ0v) is 18.4. The van der Waals surface area contributed by atoms with E-state index < -0.39 is 26.0 Å². The number of aromatic nitrogens is 4. The summed E-state index contributed by atoms with van der Waals surface area (Å²) in [7, 11) is 0. The number of imidazole rings is 2. The Morgan fingerprint density at radius 1 is 0.656 bits per heavy atom. The number of nitrogens with one attached hydrogen (secondary N) is 4. The Morgan fingerprint density at radius 3 is 0.844 bits per heavy atom. The van der Waals surface area contributed by atoms with Crippen molar-refractivity contribution in [2.75, 3.05) is 0 Å². The van der Waals surface area contributed by atoms with Crippen LogP contribution in [0.5, 0.6) is 0 Å². The predicted octanol–water partition coefficient (Wildman–Crippen LogP) is -3.41. The second kappa shape index (κ2) is 42.2. The van der Waals surface area contributed by atoms with Crippen molar-refractivity contribution in [3.05, 3.63) is 62.6 Å². The molecule has 0 unspecified atom stereocenters. The first-order valence-corrected chi connectivity index (χ1v) is 5.89. The van der Waals surface area contributed by atoms with Crippen molar-refractivity contribution in [3.8, 4) is 0 Å². The summed E-state index contributed by atoms with van der Waals surface area (Å²) in [6, 6.07) is 0. The Bertz CT molecular complexity index is 444. The Morgan fingerprint density at radius 2 is 0.812 bits per heavy atom. The molecule has 32 heavy (non-hydrogen) atoms. The molecule has 2 aromatic heterocycles. The van der Waals surface area contributed by atoms with Gasteiger partial charge in [-0.3, -0.25) is 19.9 Å². The molecule has 25 nitrogen and oxygen atoms in total. The molecular weight excluding hydrogens is 598 g/mol. The maximum absolute atomic E-state index is 8.47. The third-order valence-corrected chi connectivity index (χ3v) is 0.885. The third kappa shape index (κ3) is 372. The van der Waals surface area contributed by atoms with Crippen LogP contribution >= 0.6 is 0 Å². The van der Waals surface area contributed by atoms with Crippen molar-refractivity contribution in [1.82, 2.24) is 20.7 Å². The Kier molecular flexibility index (Phi) is 61.9. The van der Waals surface area contributed by atoms with Crippen LogP contribution in [0, 0.1) is 66.0 Å². The molecule has 0 radical (unpaired) electrons. The Labute approximate surface area is 206 Å². The molecule has 0 saturated carbocycles. The quantitative estimate of drug-likeness (QED) is 0.128. The minimum absolute atomic E-state index is 0. The predicted molar refractivity (Wildman–Crippen MR) is 77.5 cm³/mol. The van der Waals surface area contributed by atoms with Crippen LogP contribution < -0.4 is 9.97 Å². The first-order chi connectivity index (χ1) is 13.7. The first-order valence-electron chi connectivity index (χ1n) is 5.89. The van der Waals surface area contributed by atoms with Gasteiger partial charge in [-0.1, -0.05) is 0 Å². The maximum Gasteiger partial charge on any atom is 0.472 e. The van der Waals surface area contributed by atoms with Gasteiger partial charge in [-0.25, -0.2) is 31.2 Å². The van der Waals surface area contributed by atoms with E-state index in [-0.39, 0.29) is 46.3 Å². The molecule has 0 aliphatic carbocycles. The zero-order chi connectivity index (χ0) is 25.0. The van der Waals surface area contributed by atoms with Crippen molar-refractivity contribution >= 4 is 0 Å². The van der Waals surface area contributed by atoms with Gasteiger partial charge in [0.2, 0.25) is 12.7 Å². The second-order valence-corrected chi connectivity index (χ2v) is 2.89. The minimum atomic E-state index is -1.25. The summed E-state index contributed by atoms with van der Waals surface area (Å²) in [6.45, 7) is 0. The molecule has 2 heterocycles.